The molecule has 116 valence electrons. The average Bonchev–Trinajstić information content (AvgIpc) is 2.81. The number of fused-ring (bicyclic) bond motifs is 1. The van der Waals surface area contributed by atoms with Crippen LogP contribution in [0.15, 0.2) is 33.5 Å². The Morgan fingerprint density at radius 3 is 2.62 bits per heavy atom. The highest BCUT2D eigenvalue weighted by Gasteiger charge is 2.16. The van der Waals surface area contributed by atoms with E-state index in [1.165, 1.54) is 0 Å². The minimum Gasteiger partial charge on any atom is -0.408 e. The van der Waals surface area contributed by atoms with Crippen LogP contribution in [0.2, 0.25) is 0 Å². The van der Waals surface area contributed by atoms with Crippen LogP contribution in [0.5, 0.6) is 0 Å². The van der Waals surface area contributed by atoms with Gasteiger partial charge in [-0.3, -0.25) is 9.47 Å². The first kappa shape index (κ1) is 15.8. The lowest BCUT2D eigenvalue weighted by Crippen LogP contribution is -2.39. The van der Waals surface area contributed by atoms with Crippen molar-refractivity contribution in [2.24, 2.45) is 0 Å². The van der Waals surface area contributed by atoms with Crippen molar-refractivity contribution in [1.29, 1.82) is 0 Å². The maximum absolute atomic E-state index is 11.9. The van der Waals surface area contributed by atoms with Crippen LogP contribution in [-0.2, 0) is 6.54 Å². The predicted molar refractivity (Wildman–Crippen MR) is 83.5 cm³/mol. The molecule has 1 aromatic carbocycles. The minimum absolute atomic E-state index is 0.136. The van der Waals surface area contributed by atoms with Crippen molar-refractivity contribution in [3.05, 3.63) is 34.8 Å². The highest BCUT2D eigenvalue weighted by atomic mass is 16.4. The summed E-state index contributed by atoms with van der Waals surface area (Å²) in [7, 11) is 0. The maximum Gasteiger partial charge on any atom is 0.419 e. The fraction of sp³-hybridized carbons (Fsp3) is 0.562. The van der Waals surface area contributed by atoms with E-state index in [0.29, 0.717) is 24.7 Å². The second kappa shape index (κ2) is 7.43. The Morgan fingerprint density at radius 1 is 1.24 bits per heavy atom. The molecule has 21 heavy (non-hydrogen) atoms. The lowest BCUT2D eigenvalue weighted by Gasteiger charge is -2.29. The van der Waals surface area contributed by atoms with Crippen LogP contribution in [0.3, 0.4) is 0 Å². The molecule has 0 aliphatic rings. The average molecular weight is 292 g/mol. The van der Waals surface area contributed by atoms with Gasteiger partial charge in [0.1, 0.15) is 0 Å². The van der Waals surface area contributed by atoms with Crippen molar-refractivity contribution in [2.75, 3.05) is 19.7 Å². The summed E-state index contributed by atoms with van der Waals surface area (Å²) in [5, 5.41) is 9.23. The summed E-state index contributed by atoms with van der Waals surface area (Å²) in [6.07, 6.45) is 2.08. The van der Waals surface area contributed by atoms with Crippen molar-refractivity contribution < 1.29 is 9.52 Å². The van der Waals surface area contributed by atoms with E-state index in [2.05, 4.69) is 18.7 Å². The molecule has 0 fully saturated rings. The molecule has 0 aliphatic carbocycles. The number of para-hydroxylation sites is 2. The fourth-order valence-corrected chi connectivity index (χ4v) is 2.86. The zero-order valence-corrected chi connectivity index (χ0v) is 12.8. The molecule has 1 N–H and O–H groups in total. The quantitative estimate of drug-likeness (QED) is 0.809. The monoisotopic (exact) mass is 292 g/mol. The number of aromatic nitrogens is 1. The first-order valence-corrected chi connectivity index (χ1v) is 7.64. The number of aliphatic hydroxyl groups is 1. The summed E-state index contributed by atoms with van der Waals surface area (Å²) in [5.74, 6) is -0.315. The minimum atomic E-state index is -0.315. The molecule has 5 heteroatoms. The van der Waals surface area contributed by atoms with Crippen LogP contribution in [0, 0.1) is 0 Å². The van der Waals surface area contributed by atoms with Gasteiger partial charge in [0.15, 0.2) is 5.58 Å². The van der Waals surface area contributed by atoms with Crippen molar-refractivity contribution in [3.8, 4) is 0 Å². The number of hydrogen-bond acceptors (Lipinski definition) is 4. The van der Waals surface area contributed by atoms with E-state index < -0.39 is 0 Å². The Morgan fingerprint density at radius 2 is 1.95 bits per heavy atom. The zero-order valence-electron chi connectivity index (χ0n) is 12.8. The molecule has 0 amide bonds. The smallest absolute Gasteiger partial charge is 0.408 e. The molecule has 2 rings (SSSR count). The van der Waals surface area contributed by atoms with Crippen LogP contribution in [-0.4, -0.2) is 40.3 Å². The van der Waals surface area contributed by atoms with Gasteiger partial charge in [0, 0.05) is 25.7 Å². The first-order chi connectivity index (χ1) is 10.2. The summed E-state index contributed by atoms with van der Waals surface area (Å²) in [6, 6.07) is 7.90. The molecular formula is C16H24N2O3. The number of hydrogen-bond donors (Lipinski definition) is 1. The van der Waals surface area contributed by atoms with E-state index in [0.717, 1.165) is 24.9 Å². The predicted octanol–water partition coefficient (Wildman–Crippen LogP) is 2.08. The van der Waals surface area contributed by atoms with Crippen molar-refractivity contribution in [1.82, 2.24) is 9.47 Å². The Kier molecular flexibility index (Phi) is 5.59. The van der Waals surface area contributed by atoms with Crippen LogP contribution in [0.25, 0.3) is 11.1 Å². The van der Waals surface area contributed by atoms with E-state index in [4.69, 9.17) is 4.42 Å². The lowest BCUT2D eigenvalue weighted by atomic mass is 10.1. The number of rotatable bonds is 8. The highest BCUT2D eigenvalue weighted by molar-refractivity contribution is 5.72. The number of oxazole rings is 1. The molecule has 0 bridgehead atoms. The lowest BCUT2D eigenvalue weighted by molar-refractivity contribution is 0.138. The Bertz CT molecular complexity index is 613. The summed E-state index contributed by atoms with van der Waals surface area (Å²) in [5.41, 5.74) is 1.45. The molecule has 0 spiro atoms. The Hall–Kier alpha value is -1.59. The van der Waals surface area contributed by atoms with Gasteiger partial charge in [-0.1, -0.05) is 26.0 Å². The second-order valence-corrected chi connectivity index (χ2v) is 5.22. The van der Waals surface area contributed by atoms with Crippen LogP contribution >= 0.6 is 0 Å². The van der Waals surface area contributed by atoms with Crippen LogP contribution in [0.1, 0.15) is 26.7 Å². The van der Waals surface area contributed by atoms with Gasteiger partial charge in [0.05, 0.1) is 12.1 Å². The largest absolute Gasteiger partial charge is 0.419 e. The molecule has 0 saturated heterocycles. The van der Waals surface area contributed by atoms with E-state index >= 15 is 0 Å². The topological polar surface area (TPSA) is 58.6 Å². The fourth-order valence-electron chi connectivity index (χ4n) is 2.86. The standard InChI is InChI=1S/C16H24N2O3/c1-3-13(4-2)17(11-12-19)9-10-18-14-7-5-6-8-15(14)21-16(18)20/h5-8,13,19H,3-4,9-12H2,1-2H3. The summed E-state index contributed by atoms with van der Waals surface area (Å²) < 4.78 is 6.91. The van der Waals surface area contributed by atoms with Crippen LogP contribution < -0.4 is 5.76 Å². The molecule has 1 heterocycles. The summed E-state index contributed by atoms with van der Waals surface area (Å²) >= 11 is 0. The maximum atomic E-state index is 11.9. The second-order valence-electron chi connectivity index (χ2n) is 5.22. The molecule has 0 unspecified atom stereocenters. The normalized spacial score (nSPS) is 11.9. The number of benzene rings is 1. The highest BCUT2D eigenvalue weighted by Crippen LogP contribution is 2.13. The summed E-state index contributed by atoms with van der Waals surface area (Å²) in [6.45, 7) is 6.38. The van der Waals surface area contributed by atoms with Crippen molar-refractivity contribution >= 4 is 11.1 Å². The number of nitrogens with zero attached hydrogens (tertiary/aromatic N) is 2. The number of aliphatic hydroxyl groups excluding tert-OH is 1. The molecule has 0 radical (unpaired) electrons. The van der Waals surface area contributed by atoms with E-state index in [1.807, 2.05) is 18.2 Å². The van der Waals surface area contributed by atoms with Gasteiger partial charge < -0.3 is 9.52 Å². The molecule has 1 aromatic heterocycles. The molecule has 2 aromatic rings. The van der Waals surface area contributed by atoms with Crippen molar-refractivity contribution in [2.45, 2.75) is 39.3 Å². The third kappa shape index (κ3) is 3.54. The van der Waals surface area contributed by atoms with Crippen LogP contribution in [0.4, 0.5) is 0 Å². The van der Waals surface area contributed by atoms with Crippen molar-refractivity contribution in [3.63, 3.8) is 0 Å². The van der Waals surface area contributed by atoms with Gasteiger partial charge in [-0.05, 0) is 25.0 Å². The van der Waals surface area contributed by atoms with Gasteiger partial charge in [-0.25, -0.2) is 4.79 Å². The van der Waals surface area contributed by atoms with Gasteiger partial charge >= 0.3 is 5.76 Å². The molecule has 5 nitrogen and oxygen atoms in total. The molecule has 0 aliphatic heterocycles. The Balaban J connectivity index is 2.15. The van der Waals surface area contributed by atoms with E-state index in [9.17, 15) is 9.90 Å². The van der Waals surface area contributed by atoms with Gasteiger partial charge in [0.2, 0.25) is 0 Å². The van der Waals surface area contributed by atoms with E-state index in [-0.39, 0.29) is 12.4 Å². The summed E-state index contributed by atoms with van der Waals surface area (Å²) in [4.78, 5) is 14.2. The molecule has 0 atom stereocenters. The van der Waals surface area contributed by atoms with E-state index in [1.54, 1.807) is 10.6 Å². The molecule has 0 saturated carbocycles. The Labute approximate surface area is 124 Å². The van der Waals surface area contributed by atoms with Gasteiger partial charge in [-0.15, -0.1) is 0 Å². The van der Waals surface area contributed by atoms with Gasteiger partial charge in [0.25, 0.3) is 0 Å². The SMILES string of the molecule is CCC(CC)N(CCO)CCn1c(=O)oc2ccccc21. The molecular weight excluding hydrogens is 268 g/mol. The third-order valence-corrected chi connectivity index (χ3v) is 4.03. The zero-order chi connectivity index (χ0) is 15.2. The first-order valence-electron chi connectivity index (χ1n) is 7.64. The third-order valence-electron chi connectivity index (χ3n) is 4.03. The van der Waals surface area contributed by atoms with Gasteiger partial charge in [-0.2, -0.15) is 0 Å².